The molecule has 0 fully saturated rings. The van der Waals surface area contributed by atoms with Crippen LogP contribution in [0, 0.1) is 0 Å². The SMILES string of the molecule is c1ccc(-c2cccc3c2oc2cccc(Nc4cccc5c4-c4ccccc4C54c5ccccc5-c5ccccc54)c23)cc1. The maximum Gasteiger partial charge on any atom is 0.143 e. The number of nitrogens with one attached hydrogen (secondary N) is 1. The molecule has 1 N–H and O–H groups in total. The fourth-order valence-corrected chi connectivity index (χ4v) is 8.19. The summed E-state index contributed by atoms with van der Waals surface area (Å²) < 4.78 is 6.58. The normalized spacial score (nSPS) is 13.5. The van der Waals surface area contributed by atoms with Crippen molar-refractivity contribution in [3.63, 3.8) is 0 Å². The first-order valence-corrected chi connectivity index (χ1v) is 15.5. The van der Waals surface area contributed by atoms with Gasteiger partial charge in [-0.2, -0.15) is 0 Å². The second kappa shape index (κ2) is 9.07. The van der Waals surface area contributed by atoms with E-state index in [0.29, 0.717) is 0 Å². The van der Waals surface area contributed by atoms with Crippen LogP contribution in [0.3, 0.4) is 0 Å². The molecule has 10 rings (SSSR count). The molecule has 0 aliphatic heterocycles. The molecule has 0 bridgehead atoms. The molecule has 1 aromatic heterocycles. The van der Waals surface area contributed by atoms with Crippen LogP contribution in [0.5, 0.6) is 0 Å². The molecular formula is C43H27NO. The molecule has 0 radical (unpaired) electrons. The molecule has 2 heteroatoms. The van der Waals surface area contributed by atoms with E-state index in [2.05, 4.69) is 157 Å². The van der Waals surface area contributed by atoms with E-state index in [0.717, 1.165) is 44.4 Å². The molecule has 0 atom stereocenters. The van der Waals surface area contributed by atoms with Gasteiger partial charge in [-0.15, -0.1) is 0 Å². The Morgan fingerprint density at radius 2 is 0.978 bits per heavy atom. The highest BCUT2D eigenvalue weighted by molar-refractivity contribution is 6.15. The van der Waals surface area contributed by atoms with Gasteiger partial charge in [0.2, 0.25) is 0 Å². The lowest BCUT2D eigenvalue weighted by molar-refractivity contribution is 0.670. The monoisotopic (exact) mass is 573 g/mol. The average Bonchev–Trinajstić information content (AvgIpc) is 3.74. The Labute approximate surface area is 261 Å². The Morgan fingerprint density at radius 1 is 0.422 bits per heavy atom. The first-order chi connectivity index (χ1) is 22.3. The van der Waals surface area contributed by atoms with Crippen molar-refractivity contribution in [1.29, 1.82) is 0 Å². The van der Waals surface area contributed by atoms with Gasteiger partial charge in [0.25, 0.3) is 0 Å². The minimum Gasteiger partial charge on any atom is -0.455 e. The van der Waals surface area contributed by atoms with Crippen molar-refractivity contribution in [2.75, 3.05) is 5.32 Å². The second-order valence-corrected chi connectivity index (χ2v) is 12.1. The summed E-state index contributed by atoms with van der Waals surface area (Å²) >= 11 is 0. The third-order valence-electron chi connectivity index (χ3n) is 9.90. The smallest absolute Gasteiger partial charge is 0.143 e. The van der Waals surface area contributed by atoms with Crippen LogP contribution in [0.25, 0.3) is 55.3 Å². The minimum absolute atomic E-state index is 0.365. The van der Waals surface area contributed by atoms with Crippen molar-refractivity contribution in [1.82, 2.24) is 0 Å². The van der Waals surface area contributed by atoms with Gasteiger partial charge < -0.3 is 9.73 Å². The van der Waals surface area contributed by atoms with Gasteiger partial charge in [0.1, 0.15) is 11.2 Å². The summed E-state index contributed by atoms with van der Waals surface area (Å²) in [5.74, 6) is 0. The maximum absolute atomic E-state index is 6.58. The van der Waals surface area contributed by atoms with Crippen LogP contribution in [-0.2, 0) is 5.41 Å². The fraction of sp³-hybridized carbons (Fsp3) is 0.0233. The highest BCUT2D eigenvalue weighted by Gasteiger charge is 2.51. The molecule has 0 saturated heterocycles. The largest absolute Gasteiger partial charge is 0.455 e. The third-order valence-corrected chi connectivity index (χ3v) is 9.90. The Balaban J connectivity index is 1.21. The Kier molecular flexibility index (Phi) is 4.95. The predicted molar refractivity (Wildman–Crippen MR) is 185 cm³/mol. The molecule has 1 spiro atoms. The van der Waals surface area contributed by atoms with E-state index in [9.17, 15) is 0 Å². The summed E-state index contributed by atoms with van der Waals surface area (Å²) in [6.45, 7) is 0. The summed E-state index contributed by atoms with van der Waals surface area (Å²) in [6, 6.07) is 56.9. The van der Waals surface area contributed by atoms with Crippen molar-refractivity contribution in [2.24, 2.45) is 0 Å². The summed E-state index contributed by atoms with van der Waals surface area (Å²) in [6.07, 6.45) is 0. The molecule has 2 aliphatic rings. The number of rotatable bonds is 3. The van der Waals surface area contributed by atoms with Crippen LogP contribution in [0.1, 0.15) is 22.3 Å². The minimum atomic E-state index is -0.365. The van der Waals surface area contributed by atoms with E-state index in [1.165, 1.54) is 44.5 Å². The van der Waals surface area contributed by atoms with Gasteiger partial charge >= 0.3 is 0 Å². The van der Waals surface area contributed by atoms with Crippen molar-refractivity contribution < 1.29 is 4.42 Å². The maximum atomic E-state index is 6.58. The fourth-order valence-electron chi connectivity index (χ4n) is 8.19. The van der Waals surface area contributed by atoms with E-state index in [-0.39, 0.29) is 5.41 Å². The quantitative estimate of drug-likeness (QED) is 0.227. The van der Waals surface area contributed by atoms with Crippen molar-refractivity contribution >= 4 is 33.3 Å². The molecule has 210 valence electrons. The summed E-state index contributed by atoms with van der Waals surface area (Å²) in [4.78, 5) is 0. The van der Waals surface area contributed by atoms with Crippen LogP contribution in [0.2, 0.25) is 0 Å². The highest BCUT2D eigenvalue weighted by Crippen LogP contribution is 2.63. The molecule has 45 heavy (non-hydrogen) atoms. The zero-order chi connectivity index (χ0) is 29.5. The summed E-state index contributed by atoms with van der Waals surface area (Å²) in [7, 11) is 0. The number of hydrogen-bond acceptors (Lipinski definition) is 2. The lowest BCUT2D eigenvalue weighted by Gasteiger charge is -2.30. The standard InChI is InChI=1S/C43H27NO/c1-2-13-27(14-3-1)28-18-10-19-32-41-38(25-12-26-39(41)45-42(28)32)44-37-24-11-23-36-40(37)31-17-6-9-22-35(31)43(36)33-20-7-4-15-29(33)30-16-5-8-21-34(30)43/h1-26,44H. The molecule has 2 nitrogen and oxygen atoms in total. The predicted octanol–water partition coefficient (Wildman–Crippen LogP) is 11.3. The van der Waals surface area contributed by atoms with Gasteiger partial charge in [-0.1, -0.05) is 140 Å². The number of para-hydroxylation sites is 1. The third kappa shape index (κ3) is 3.18. The Morgan fingerprint density at radius 3 is 1.73 bits per heavy atom. The van der Waals surface area contributed by atoms with E-state index in [1.807, 2.05) is 6.07 Å². The van der Waals surface area contributed by atoms with Crippen LogP contribution in [-0.4, -0.2) is 0 Å². The number of anilines is 2. The Bertz CT molecular complexity index is 2420. The van der Waals surface area contributed by atoms with Crippen LogP contribution >= 0.6 is 0 Å². The number of furan rings is 1. The van der Waals surface area contributed by atoms with E-state index >= 15 is 0 Å². The first kappa shape index (κ1) is 24.6. The molecule has 0 unspecified atom stereocenters. The van der Waals surface area contributed by atoms with Gasteiger partial charge in [0.15, 0.2) is 0 Å². The lowest BCUT2D eigenvalue weighted by atomic mass is 9.70. The molecule has 2 aliphatic carbocycles. The Hall–Kier alpha value is -5.86. The molecule has 7 aromatic carbocycles. The molecule has 0 saturated carbocycles. The second-order valence-electron chi connectivity index (χ2n) is 12.1. The van der Waals surface area contributed by atoms with Crippen molar-refractivity contribution in [3.05, 3.63) is 180 Å². The highest BCUT2D eigenvalue weighted by atomic mass is 16.3. The van der Waals surface area contributed by atoms with Gasteiger partial charge in [-0.05, 0) is 62.7 Å². The van der Waals surface area contributed by atoms with Gasteiger partial charge in [-0.25, -0.2) is 0 Å². The van der Waals surface area contributed by atoms with Gasteiger partial charge in [0, 0.05) is 22.2 Å². The zero-order valence-electron chi connectivity index (χ0n) is 24.4. The van der Waals surface area contributed by atoms with E-state index in [4.69, 9.17) is 4.42 Å². The van der Waals surface area contributed by atoms with Crippen LogP contribution in [0.4, 0.5) is 11.4 Å². The zero-order valence-corrected chi connectivity index (χ0v) is 24.4. The van der Waals surface area contributed by atoms with Gasteiger partial charge in [-0.3, -0.25) is 0 Å². The molecule has 8 aromatic rings. The number of hydrogen-bond donors (Lipinski definition) is 1. The van der Waals surface area contributed by atoms with Crippen molar-refractivity contribution in [3.8, 4) is 33.4 Å². The first-order valence-electron chi connectivity index (χ1n) is 15.5. The lowest BCUT2D eigenvalue weighted by Crippen LogP contribution is -2.25. The van der Waals surface area contributed by atoms with Crippen molar-refractivity contribution in [2.45, 2.75) is 5.41 Å². The number of fused-ring (bicyclic) bond motifs is 13. The summed E-state index contributed by atoms with van der Waals surface area (Å²) in [5, 5.41) is 6.13. The average molecular weight is 574 g/mol. The molecular weight excluding hydrogens is 546 g/mol. The van der Waals surface area contributed by atoms with E-state index in [1.54, 1.807) is 0 Å². The topological polar surface area (TPSA) is 25.2 Å². The molecule has 0 amide bonds. The molecule has 1 heterocycles. The van der Waals surface area contributed by atoms with Crippen LogP contribution < -0.4 is 5.32 Å². The summed E-state index contributed by atoms with van der Waals surface area (Å²) in [5.41, 5.74) is 16.3. The van der Waals surface area contributed by atoms with Gasteiger partial charge in [0.05, 0.1) is 16.5 Å². The number of benzene rings is 7. The van der Waals surface area contributed by atoms with Crippen LogP contribution in [0.15, 0.2) is 162 Å². The van der Waals surface area contributed by atoms with E-state index < -0.39 is 0 Å².